The number of nitrogens with zero attached hydrogens (tertiary/aromatic N) is 2. The smallest absolute Gasteiger partial charge is 0.233 e. The first-order chi connectivity index (χ1) is 9.33. The number of thioether (sulfide) groups is 1. The predicted molar refractivity (Wildman–Crippen MR) is 83.7 cm³/mol. The fourth-order valence-electron chi connectivity index (χ4n) is 2.89. The molecule has 0 aromatic heterocycles. The average molecular weight is 320 g/mol. The van der Waals surface area contributed by atoms with Gasteiger partial charge >= 0.3 is 0 Å². The van der Waals surface area contributed by atoms with Crippen LogP contribution in [0.3, 0.4) is 0 Å². The third-order valence-electron chi connectivity index (χ3n) is 4.02. The minimum absolute atomic E-state index is 0. The number of aliphatic imine (C=N–C) groups is 1. The Kier molecular flexibility index (Phi) is 5.99. The van der Waals surface area contributed by atoms with Crippen molar-refractivity contribution in [1.82, 2.24) is 10.2 Å². The van der Waals surface area contributed by atoms with Crippen molar-refractivity contribution < 1.29 is 9.53 Å². The molecule has 1 amide bonds. The second kappa shape index (κ2) is 7.52. The molecule has 2 atom stereocenters. The number of morpholine rings is 1. The third kappa shape index (κ3) is 3.80. The molecule has 2 heterocycles. The van der Waals surface area contributed by atoms with Gasteiger partial charge in [-0.2, -0.15) is 0 Å². The second-order valence-corrected chi connectivity index (χ2v) is 6.28. The zero-order valence-electron chi connectivity index (χ0n) is 11.5. The highest BCUT2D eigenvalue weighted by Crippen LogP contribution is 2.27. The van der Waals surface area contributed by atoms with Crippen molar-refractivity contribution in [2.45, 2.75) is 37.8 Å². The Labute approximate surface area is 130 Å². The van der Waals surface area contributed by atoms with Gasteiger partial charge in [0.15, 0.2) is 5.17 Å². The van der Waals surface area contributed by atoms with E-state index in [0.29, 0.717) is 31.1 Å². The van der Waals surface area contributed by atoms with Gasteiger partial charge in [0, 0.05) is 13.1 Å². The molecule has 1 saturated carbocycles. The number of rotatable bonds is 2. The van der Waals surface area contributed by atoms with Crippen LogP contribution in [0.4, 0.5) is 0 Å². The van der Waals surface area contributed by atoms with Crippen molar-refractivity contribution in [3.63, 3.8) is 0 Å². The molecule has 0 aromatic carbocycles. The first kappa shape index (κ1) is 15.9. The maximum Gasteiger partial charge on any atom is 0.233 e. The van der Waals surface area contributed by atoms with Gasteiger partial charge in [-0.25, -0.2) is 0 Å². The number of carbonyl (C=O) groups excluding carboxylic acids is 1. The van der Waals surface area contributed by atoms with Gasteiger partial charge in [0.1, 0.15) is 0 Å². The Bertz CT molecular complexity index is 375. The number of halogens is 1. The molecule has 0 radical (unpaired) electrons. The summed E-state index contributed by atoms with van der Waals surface area (Å²) in [4.78, 5) is 18.6. The molecular formula is C13H22ClN3O2S. The largest absolute Gasteiger partial charge is 0.378 e. The highest BCUT2D eigenvalue weighted by molar-refractivity contribution is 8.14. The Morgan fingerprint density at radius 2 is 2.10 bits per heavy atom. The Morgan fingerprint density at radius 1 is 1.35 bits per heavy atom. The molecule has 3 rings (SSSR count). The monoisotopic (exact) mass is 319 g/mol. The summed E-state index contributed by atoms with van der Waals surface area (Å²) < 4.78 is 5.26. The van der Waals surface area contributed by atoms with E-state index in [9.17, 15) is 4.79 Å². The standard InChI is InChI=1S/C13H21N3O2S.ClH/c17-12(16-5-7-18-8-6-16)9-19-13-14-10-3-1-2-4-11(10)15-13;/h10-11H,1-9H2,(H,14,15);1H/t10-,11-;/m1./s1. The summed E-state index contributed by atoms with van der Waals surface area (Å²) in [6.45, 7) is 2.79. The second-order valence-electron chi connectivity index (χ2n) is 5.32. The number of amides is 1. The van der Waals surface area contributed by atoms with E-state index in [-0.39, 0.29) is 18.3 Å². The van der Waals surface area contributed by atoms with Crippen LogP contribution in [0.2, 0.25) is 0 Å². The van der Waals surface area contributed by atoms with Crippen LogP contribution in [0.25, 0.3) is 0 Å². The SMILES string of the molecule is Cl.O=C(CSC1=N[C@@H]2CCCC[C@H]2N1)N1CCOCC1. The molecule has 1 N–H and O–H groups in total. The number of ether oxygens (including phenoxy) is 1. The van der Waals surface area contributed by atoms with Crippen molar-refractivity contribution in [3.8, 4) is 0 Å². The van der Waals surface area contributed by atoms with E-state index in [1.54, 1.807) is 11.8 Å². The van der Waals surface area contributed by atoms with E-state index in [1.165, 1.54) is 25.7 Å². The number of hydrogen-bond acceptors (Lipinski definition) is 5. The van der Waals surface area contributed by atoms with Crippen LogP contribution in [0.15, 0.2) is 4.99 Å². The number of amidine groups is 1. The van der Waals surface area contributed by atoms with Gasteiger partial charge in [0.25, 0.3) is 0 Å². The van der Waals surface area contributed by atoms with E-state index in [4.69, 9.17) is 9.73 Å². The zero-order valence-corrected chi connectivity index (χ0v) is 13.2. The van der Waals surface area contributed by atoms with Gasteiger partial charge in [-0.1, -0.05) is 24.6 Å². The first-order valence-electron chi connectivity index (χ1n) is 7.15. The molecule has 7 heteroatoms. The molecule has 5 nitrogen and oxygen atoms in total. The van der Waals surface area contributed by atoms with Gasteiger partial charge in [0.2, 0.25) is 5.91 Å². The fraction of sp³-hybridized carbons (Fsp3) is 0.846. The highest BCUT2D eigenvalue weighted by Gasteiger charge is 2.31. The molecule has 20 heavy (non-hydrogen) atoms. The molecule has 1 saturated heterocycles. The quantitative estimate of drug-likeness (QED) is 0.833. The van der Waals surface area contributed by atoms with Crippen LogP contribution in [-0.4, -0.2) is 60.1 Å². The lowest BCUT2D eigenvalue weighted by Gasteiger charge is -2.26. The summed E-state index contributed by atoms with van der Waals surface area (Å²) in [6, 6.07) is 0.976. The molecular weight excluding hydrogens is 298 g/mol. The normalized spacial score (nSPS) is 29.0. The number of carbonyl (C=O) groups is 1. The summed E-state index contributed by atoms with van der Waals surface area (Å²) in [7, 11) is 0. The lowest BCUT2D eigenvalue weighted by atomic mass is 9.92. The van der Waals surface area contributed by atoms with Gasteiger partial charge in [-0.05, 0) is 12.8 Å². The summed E-state index contributed by atoms with van der Waals surface area (Å²) in [5, 5.41) is 4.44. The van der Waals surface area contributed by atoms with E-state index in [0.717, 1.165) is 18.3 Å². The van der Waals surface area contributed by atoms with Crippen molar-refractivity contribution >= 4 is 35.2 Å². The maximum absolute atomic E-state index is 12.0. The molecule has 0 spiro atoms. The lowest BCUT2D eigenvalue weighted by Crippen LogP contribution is -2.42. The van der Waals surface area contributed by atoms with Crippen molar-refractivity contribution in [1.29, 1.82) is 0 Å². The summed E-state index contributed by atoms with van der Waals surface area (Å²) in [5.74, 6) is 0.693. The molecule has 1 aliphatic carbocycles. The van der Waals surface area contributed by atoms with Crippen LogP contribution in [0.1, 0.15) is 25.7 Å². The lowest BCUT2D eigenvalue weighted by molar-refractivity contribution is -0.132. The van der Waals surface area contributed by atoms with Crippen LogP contribution in [-0.2, 0) is 9.53 Å². The topological polar surface area (TPSA) is 53.9 Å². The molecule has 0 aromatic rings. The van der Waals surface area contributed by atoms with Gasteiger partial charge in [-0.3, -0.25) is 9.79 Å². The zero-order chi connectivity index (χ0) is 13.1. The van der Waals surface area contributed by atoms with Crippen LogP contribution in [0.5, 0.6) is 0 Å². The summed E-state index contributed by atoms with van der Waals surface area (Å²) >= 11 is 1.56. The van der Waals surface area contributed by atoms with Crippen LogP contribution in [0, 0.1) is 0 Å². The Hall–Kier alpha value is -0.460. The number of hydrogen-bond donors (Lipinski definition) is 1. The number of nitrogens with one attached hydrogen (secondary N) is 1. The first-order valence-corrected chi connectivity index (χ1v) is 8.14. The van der Waals surface area contributed by atoms with Crippen LogP contribution < -0.4 is 5.32 Å². The molecule has 114 valence electrons. The fourth-order valence-corrected chi connectivity index (χ4v) is 3.78. The third-order valence-corrected chi connectivity index (χ3v) is 4.91. The van der Waals surface area contributed by atoms with Crippen molar-refractivity contribution in [2.75, 3.05) is 32.1 Å². The number of fused-ring (bicyclic) bond motifs is 1. The Balaban J connectivity index is 0.00000147. The molecule has 0 bridgehead atoms. The minimum atomic E-state index is 0. The van der Waals surface area contributed by atoms with E-state index in [2.05, 4.69) is 5.32 Å². The molecule has 0 unspecified atom stereocenters. The van der Waals surface area contributed by atoms with E-state index >= 15 is 0 Å². The van der Waals surface area contributed by atoms with Gasteiger partial charge in [-0.15, -0.1) is 12.4 Å². The molecule has 2 fully saturated rings. The van der Waals surface area contributed by atoms with Gasteiger partial charge in [0.05, 0.1) is 31.1 Å². The predicted octanol–water partition coefficient (Wildman–Crippen LogP) is 1.27. The average Bonchev–Trinajstić information content (AvgIpc) is 2.88. The minimum Gasteiger partial charge on any atom is -0.378 e. The van der Waals surface area contributed by atoms with Gasteiger partial charge < -0.3 is 15.0 Å². The molecule has 2 aliphatic heterocycles. The van der Waals surface area contributed by atoms with E-state index in [1.807, 2.05) is 4.90 Å². The Morgan fingerprint density at radius 3 is 2.85 bits per heavy atom. The molecule has 3 aliphatic rings. The summed E-state index contributed by atoms with van der Waals surface area (Å²) in [5.41, 5.74) is 0. The maximum atomic E-state index is 12.0. The van der Waals surface area contributed by atoms with E-state index < -0.39 is 0 Å². The van der Waals surface area contributed by atoms with Crippen LogP contribution >= 0.6 is 24.2 Å². The highest BCUT2D eigenvalue weighted by atomic mass is 35.5. The summed E-state index contributed by atoms with van der Waals surface area (Å²) in [6.07, 6.45) is 5.00. The van der Waals surface area contributed by atoms with Crippen molar-refractivity contribution in [3.05, 3.63) is 0 Å². The van der Waals surface area contributed by atoms with Crippen molar-refractivity contribution in [2.24, 2.45) is 4.99 Å².